The standard InChI is InChI=1S/C30H32ClN5O2/c1-3-36(27(37)20-35-17-15-34(2)16-18-35)24-12-10-23(11-13-24)32-29(21-7-5-4-6-8-21)28-25-14-9-22(31)19-26(25)33-30(28)38/h4-14,19,33,38H,3,15-18,20H2,1-2H3. The average molecular weight is 530 g/mol. The first-order chi connectivity index (χ1) is 18.4. The molecule has 7 nitrogen and oxygen atoms in total. The molecular weight excluding hydrogens is 498 g/mol. The van der Waals surface area contributed by atoms with Crippen LogP contribution in [0.15, 0.2) is 77.8 Å². The van der Waals surface area contributed by atoms with Gasteiger partial charge in [-0.25, -0.2) is 4.99 Å². The number of rotatable bonds is 7. The minimum atomic E-state index is 0.0353. The highest BCUT2D eigenvalue weighted by atomic mass is 35.5. The maximum Gasteiger partial charge on any atom is 0.241 e. The van der Waals surface area contributed by atoms with Crippen LogP contribution in [0.3, 0.4) is 0 Å². The van der Waals surface area contributed by atoms with Crippen LogP contribution in [0.1, 0.15) is 18.1 Å². The van der Waals surface area contributed by atoms with Crippen molar-refractivity contribution in [2.45, 2.75) is 6.92 Å². The first-order valence-corrected chi connectivity index (χ1v) is 13.3. The van der Waals surface area contributed by atoms with Crippen LogP contribution in [0.25, 0.3) is 10.9 Å². The molecule has 3 aromatic carbocycles. The van der Waals surface area contributed by atoms with E-state index < -0.39 is 0 Å². The zero-order chi connectivity index (χ0) is 26.6. The SMILES string of the molecule is CCN(C(=O)CN1CCN(C)CC1)c1ccc(N=C(c2ccccc2)c2c(O)[nH]c3cc(Cl)ccc23)cc1. The summed E-state index contributed by atoms with van der Waals surface area (Å²) in [7, 11) is 2.11. The lowest BCUT2D eigenvalue weighted by molar-refractivity contribution is -0.120. The van der Waals surface area contributed by atoms with E-state index in [1.54, 1.807) is 12.1 Å². The van der Waals surface area contributed by atoms with Crippen molar-refractivity contribution in [3.63, 3.8) is 0 Å². The van der Waals surface area contributed by atoms with E-state index in [1.807, 2.05) is 72.5 Å². The number of aromatic nitrogens is 1. The van der Waals surface area contributed by atoms with Gasteiger partial charge in [-0.05, 0) is 50.4 Å². The van der Waals surface area contributed by atoms with Gasteiger partial charge in [0.1, 0.15) is 0 Å². The number of fused-ring (bicyclic) bond motifs is 1. The Balaban J connectivity index is 1.45. The largest absolute Gasteiger partial charge is 0.494 e. The molecule has 0 spiro atoms. The second kappa shape index (κ2) is 11.4. The van der Waals surface area contributed by atoms with Crippen LogP contribution < -0.4 is 4.90 Å². The van der Waals surface area contributed by atoms with Gasteiger partial charge in [0.25, 0.3) is 0 Å². The molecule has 0 radical (unpaired) electrons. The lowest BCUT2D eigenvalue weighted by atomic mass is 10.0. The Morgan fingerprint density at radius 1 is 1.03 bits per heavy atom. The van der Waals surface area contributed by atoms with E-state index in [9.17, 15) is 9.90 Å². The summed E-state index contributed by atoms with van der Waals surface area (Å²) < 4.78 is 0. The van der Waals surface area contributed by atoms with Gasteiger partial charge in [0.05, 0.1) is 29.0 Å². The van der Waals surface area contributed by atoms with E-state index in [2.05, 4.69) is 21.8 Å². The van der Waals surface area contributed by atoms with Crippen molar-refractivity contribution in [1.29, 1.82) is 0 Å². The van der Waals surface area contributed by atoms with Crippen LogP contribution >= 0.6 is 11.6 Å². The number of H-pyrrole nitrogens is 1. The summed E-state index contributed by atoms with van der Waals surface area (Å²) in [6.45, 7) is 6.78. The van der Waals surface area contributed by atoms with E-state index in [4.69, 9.17) is 16.6 Å². The molecule has 1 aliphatic heterocycles. The number of carbonyl (C=O) groups excluding carboxylic acids is 1. The van der Waals surface area contributed by atoms with Gasteiger partial charge in [-0.15, -0.1) is 0 Å². The zero-order valence-electron chi connectivity index (χ0n) is 21.7. The first-order valence-electron chi connectivity index (χ1n) is 12.9. The molecule has 196 valence electrons. The van der Waals surface area contributed by atoms with E-state index in [1.165, 1.54) is 0 Å². The molecule has 2 heterocycles. The third kappa shape index (κ3) is 5.60. The summed E-state index contributed by atoms with van der Waals surface area (Å²) in [6.07, 6.45) is 0. The molecule has 1 amide bonds. The minimum absolute atomic E-state index is 0.0353. The van der Waals surface area contributed by atoms with Crippen molar-refractivity contribution in [3.05, 3.63) is 88.9 Å². The highest BCUT2D eigenvalue weighted by Crippen LogP contribution is 2.33. The van der Waals surface area contributed by atoms with E-state index in [0.29, 0.717) is 29.4 Å². The summed E-state index contributed by atoms with van der Waals surface area (Å²) in [6, 6.07) is 22.9. The van der Waals surface area contributed by atoms with Gasteiger partial charge in [0.15, 0.2) is 5.88 Å². The van der Waals surface area contributed by atoms with Crippen molar-refractivity contribution in [3.8, 4) is 5.88 Å². The van der Waals surface area contributed by atoms with E-state index in [-0.39, 0.29) is 11.8 Å². The molecule has 0 aliphatic carbocycles. The molecule has 4 aromatic rings. The molecule has 8 heteroatoms. The van der Waals surface area contributed by atoms with Crippen molar-refractivity contribution in [2.24, 2.45) is 4.99 Å². The van der Waals surface area contributed by atoms with E-state index in [0.717, 1.165) is 54.0 Å². The lowest BCUT2D eigenvalue weighted by Crippen LogP contribution is -2.49. The third-order valence-electron chi connectivity index (χ3n) is 7.00. The number of hydrogen-bond donors (Lipinski definition) is 2. The van der Waals surface area contributed by atoms with Gasteiger partial charge in [-0.2, -0.15) is 0 Å². The average Bonchev–Trinajstić information content (AvgIpc) is 3.24. The van der Waals surface area contributed by atoms with Crippen LogP contribution in [0.2, 0.25) is 5.02 Å². The Morgan fingerprint density at radius 3 is 2.42 bits per heavy atom. The number of nitrogens with one attached hydrogen (secondary N) is 1. The predicted molar refractivity (Wildman–Crippen MR) is 155 cm³/mol. The molecular formula is C30H32ClN5O2. The number of aromatic hydroxyl groups is 1. The fraction of sp³-hybridized carbons (Fsp3) is 0.267. The molecule has 2 N–H and O–H groups in total. The number of benzene rings is 3. The van der Waals surface area contributed by atoms with Crippen molar-refractivity contribution in [2.75, 3.05) is 51.2 Å². The van der Waals surface area contributed by atoms with Crippen LogP contribution in [0.5, 0.6) is 5.88 Å². The molecule has 5 rings (SSSR count). The first kappa shape index (κ1) is 26.0. The maximum absolute atomic E-state index is 13.1. The minimum Gasteiger partial charge on any atom is -0.494 e. The molecule has 0 bridgehead atoms. The molecule has 0 unspecified atom stereocenters. The Morgan fingerprint density at radius 2 is 1.74 bits per heavy atom. The fourth-order valence-corrected chi connectivity index (χ4v) is 5.05. The topological polar surface area (TPSA) is 75.2 Å². The van der Waals surface area contributed by atoms with Gasteiger partial charge in [0.2, 0.25) is 5.91 Å². The van der Waals surface area contributed by atoms with Crippen molar-refractivity contribution < 1.29 is 9.90 Å². The lowest BCUT2D eigenvalue weighted by Gasteiger charge is -2.33. The molecule has 1 fully saturated rings. The Labute approximate surface area is 228 Å². The second-order valence-electron chi connectivity index (χ2n) is 9.60. The Bertz CT molecular complexity index is 1440. The quantitative estimate of drug-likeness (QED) is 0.319. The molecule has 0 saturated carbocycles. The van der Waals surface area contributed by atoms with E-state index >= 15 is 0 Å². The number of halogens is 1. The number of carbonyl (C=O) groups is 1. The maximum atomic E-state index is 13.1. The number of amides is 1. The summed E-state index contributed by atoms with van der Waals surface area (Å²) in [4.78, 5) is 27.4. The van der Waals surface area contributed by atoms with Crippen LogP contribution in [0.4, 0.5) is 11.4 Å². The number of aromatic amines is 1. The van der Waals surface area contributed by atoms with Gasteiger partial charge in [0, 0.05) is 54.4 Å². The molecule has 1 aromatic heterocycles. The fourth-order valence-electron chi connectivity index (χ4n) is 4.88. The Kier molecular flexibility index (Phi) is 7.79. The summed E-state index contributed by atoms with van der Waals surface area (Å²) in [5.41, 5.74) is 4.43. The van der Waals surface area contributed by atoms with Gasteiger partial charge in [-0.1, -0.05) is 48.0 Å². The number of aliphatic imine (C=N–C) groups is 1. The van der Waals surface area contributed by atoms with Crippen molar-refractivity contribution >= 4 is 45.5 Å². The number of nitrogens with zero attached hydrogens (tertiary/aromatic N) is 4. The normalized spacial score (nSPS) is 15.2. The number of likely N-dealkylation sites (N-methyl/N-ethyl adjacent to an activating group) is 2. The number of hydrogen-bond acceptors (Lipinski definition) is 5. The summed E-state index contributed by atoms with van der Waals surface area (Å²) in [5.74, 6) is 0.133. The molecule has 0 atom stereocenters. The van der Waals surface area contributed by atoms with Crippen LogP contribution in [0, 0.1) is 0 Å². The van der Waals surface area contributed by atoms with Gasteiger partial charge < -0.3 is 19.9 Å². The molecule has 38 heavy (non-hydrogen) atoms. The molecule has 1 aliphatic rings. The smallest absolute Gasteiger partial charge is 0.241 e. The van der Waals surface area contributed by atoms with Crippen LogP contribution in [-0.2, 0) is 4.79 Å². The highest BCUT2D eigenvalue weighted by Gasteiger charge is 2.21. The molecule has 1 saturated heterocycles. The van der Waals surface area contributed by atoms with Crippen molar-refractivity contribution in [1.82, 2.24) is 14.8 Å². The summed E-state index contributed by atoms with van der Waals surface area (Å²) in [5, 5.41) is 12.3. The predicted octanol–water partition coefficient (Wildman–Crippen LogP) is 5.30. The zero-order valence-corrected chi connectivity index (χ0v) is 22.4. The number of piperazine rings is 1. The third-order valence-corrected chi connectivity index (χ3v) is 7.23. The summed E-state index contributed by atoms with van der Waals surface area (Å²) >= 11 is 6.18. The van der Waals surface area contributed by atoms with Crippen LogP contribution in [-0.4, -0.2) is 77.8 Å². The van der Waals surface area contributed by atoms with Gasteiger partial charge >= 0.3 is 0 Å². The second-order valence-corrected chi connectivity index (χ2v) is 10.0. The number of anilines is 1. The van der Waals surface area contributed by atoms with Gasteiger partial charge in [-0.3, -0.25) is 9.69 Å². The monoisotopic (exact) mass is 529 g/mol. The Hall–Kier alpha value is -3.65. The highest BCUT2D eigenvalue weighted by molar-refractivity contribution is 6.31.